The minimum atomic E-state index is -4.92. The molecule has 0 saturated heterocycles. The van der Waals surface area contributed by atoms with Crippen LogP contribution in [0.3, 0.4) is 0 Å². The second-order valence-electron chi connectivity index (χ2n) is 10.9. The summed E-state index contributed by atoms with van der Waals surface area (Å²) < 4.78 is 74.6. The Morgan fingerprint density at radius 3 is 2.26 bits per heavy atom. The Bertz CT molecular complexity index is 2390. The molecule has 0 unspecified atom stereocenters. The third-order valence-corrected chi connectivity index (χ3v) is 10.6. The normalized spacial score (nSPS) is 12.2. The van der Waals surface area contributed by atoms with Crippen LogP contribution in [-0.4, -0.2) is 63.0 Å². The zero-order valence-corrected chi connectivity index (χ0v) is 28.0. The molecule has 244 valence electrons. The quantitative estimate of drug-likeness (QED) is 0.101. The zero-order chi connectivity index (χ0) is 33.5. The molecule has 14 heteroatoms. The standard InChI is InChI=1S/C33H34N6O6S2/c1-5-38(6-2)22-10-13-25-30(18-22)45-31-19-23(39(7-3)8-4)11-14-26(31)33(25)27-15-12-24(20-32(27)47(42,43)44)46(40,41)36-21-9-16-28-29(17-21)35-37-34-28/h9-20,36H,5-8H2,1-4H3,(H-,34,35,37,42,43,44)/p+1. The number of sulfonamides is 1. The lowest BCUT2D eigenvalue weighted by Crippen LogP contribution is -2.29. The van der Waals surface area contributed by atoms with Crippen molar-refractivity contribution in [1.29, 1.82) is 0 Å². The fourth-order valence-corrected chi connectivity index (χ4v) is 7.81. The topological polar surface area (TPSA) is 162 Å². The van der Waals surface area contributed by atoms with Gasteiger partial charge < -0.3 is 9.32 Å². The Morgan fingerprint density at radius 2 is 1.55 bits per heavy atom. The lowest BCUT2D eigenvalue weighted by molar-refractivity contribution is 0.483. The molecule has 0 atom stereocenters. The van der Waals surface area contributed by atoms with Crippen molar-refractivity contribution in [3.05, 3.63) is 78.2 Å². The number of benzene rings is 4. The molecule has 12 nitrogen and oxygen atoms in total. The zero-order valence-electron chi connectivity index (χ0n) is 26.4. The number of anilines is 2. The number of fused-ring (bicyclic) bond motifs is 3. The van der Waals surface area contributed by atoms with Crippen molar-refractivity contribution in [3.8, 4) is 22.5 Å². The highest BCUT2D eigenvalue weighted by atomic mass is 32.2. The van der Waals surface area contributed by atoms with Gasteiger partial charge in [0, 0.05) is 53.0 Å². The van der Waals surface area contributed by atoms with E-state index in [1.165, 1.54) is 24.3 Å². The Morgan fingerprint density at radius 1 is 0.830 bits per heavy atom. The molecular formula is C33H35N6O6S2+. The van der Waals surface area contributed by atoms with Crippen molar-refractivity contribution < 1.29 is 25.8 Å². The van der Waals surface area contributed by atoms with Gasteiger partial charge in [-0.25, -0.2) is 13.0 Å². The predicted molar refractivity (Wildman–Crippen MR) is 183 cm³/mol. The summed E-state index contributed by atoms with van der Waals surface area (Å²) in [5.41, 5.74) is 3.86. The van der Waals surface area contributed by atoms with Gasteiger partial charge in [-0.1, -0.05) is 6.07 Å². The summed E-state index contributed by atoms with van der Waals surface area (Å²) in [7, 11) is -9.20. The molecule has 0 fully saturated rings. The van der Waals surface area contributed by atoms with E-state index < -0.39 is 25.0 Å². The maximum atomic E-state index is 13.5. The van der Waals surface area contributed by atoms with Crippen molar-refractivity contribution in [2.75, 3.05) is 35.8 Å². The number of aromatic nitrogens is 3. The van der Waals surface area contributed by atoms with E-state index in [2.05, 4.69) is 57.3 Å². The molecule has 1 aliphatic heterocycles. The highest BCUT2D eigenvalue weighted by molar-refractivity contribution is 7.92. The Kier molecular flexibility index (Phi) is 8.51. The van der Waals surface area contributed by atoms with Gasteiger partial charge in [-0.15, -0.1) is 0 Å². The Balaban J connectivity index is 1.59. The van der Waals surface area contributed by atoms with Gasteiger partial charge in [0.1, 0.15) is 40.4 Å². The van der Waals surface area contributed by atoms with E-state index in [9.17, 15) is 21.4 Å². The van der Waals surface area contributed by atoms with Crippen molar-refractivity contribution in [1.82, 2.24) is 20.0 Å². The summed E-state index contributed by atoms with van der Waals surface area (Å²) in [6.07, 6.45) is 0. The SMILES string of the molecule is CCN(CC)c1ccc2c(-c3ccc(S(=O)(=O)Nc4ccc5n[nH]nc5c4)cc3S(=O)(=O)O)c3ccc(=[N+](CC)CC)cc-3oc2c1. The second kappa shape index (κ2) is 12.4. The number of hydrogen-bond donors (Lipinski definition) is 3. The monoisotopic (exact) mass is 675 g/mol. The van der Waals surface area contributed by atoms with Gasteiger partial charge in [0.2, 0.25) is 5.36 Å². The summed E-state index contributed by atoms with van der Waals surface area (Å²) in [4.78, 5) is 1.26. The molecule has 0 bridgehead atoms. The summed E-state index contributed by atoms with van der Waals surface area (Å²) in [5, 5.41) is 11.9. The minimum Gasteiger partial charge on any atom is -0.456 e. The van der Waals surface area contributed by atoms with Gasteiger partial charge in [-0.3, -0.25) is 9.27 Å². The molecule has 47 heavy (non-hydrogen) atoms. The van der Waals surface area contributed by atoms with Crippen LogP contribution in [0.4, 0.5) is 11.4 Å². The van der Waals surface area contributed by atoms with E-state index in [1.54, 1.807) is 6.07 Å². The first kappa shape index (κ1) is 32.2. The van der Waals surface area contributed by atoms with E-state index in [-0.39, 0.29) is 16.1 Å². The maximum absolute atomic E-state index is 13.5. The molecule has 0 radical (unpaired) electrons. The third-order valence-electron chi connectivity index (χ3n) is 8.33. The Labute approximate surface area is 272 Å². The first-order valence-electron chi connectivity index (χ1n) is 15.3. The van der Waals surface area contributed by atoms with Gasteiger partial charge in [0.05, 0.1) is 16.6 Å². The van der Waals surface area contributed by atoms with Crippen LogP contribution in [0.15, 0.2) is 87.0 Å². The van der Waals surface area contributed by atoms with Crippen molar-refractivity contribution >= 4 is 53.5 Å². The van der Waals surface area contributed by atoms with Gasteiger partial charge in [0.15, 0.2) is 0 Å². The van der Waals surface area contributed by atoms with E-state index in [0.29, 0.717) is 38.9 Å². The summed E-state index contributed by atoms with van der Waals surface area (Å²) in [5.74, 6) is 0.511. The van der Waals surface area contributed by atoms with Crippen LogP contribution in [0.2, 0.25) is 0 Å². The van der Waals surface area contributed by atoms with Gasteiger partial charge in [0.25, 0.3) is 20.1 Å². The largest absolute Gasteiger partial charge is 0.456 e. The van der Waals surface area contributed by atoms with Crippen molar-refractivity contribution in [2.24, 2.45) is 0 Å². The van der Waals surface area contributed by atoms with Crippen LogP contribution in [0.5, 0.6) is 0 Å². The summed E-state index contributed by atoms with van der Waals surface area (Å²) in [6, 6.07) is 19.7. The minimum absolute atomic E-state index is 0.132. The van der Waals surface area contributed by atoms with E-state index >= 15 is 0 Å². The van der Waals surface area contributed by atoms with Gasteiger partial charge >= 0.3 is 0 Å². The first-order chi connectivity index (χ1) is 22.5. The van der Waals surface area contributed by atoms with Crippen LogP contribution in [0.25, 0.3) is 44.5 Å². The van der Waals surface area contributed by atoms with E-state index in [0.717, 1.165) is 43.3 Å². The van der Waals surface area contributed by atoms with Crippen LogP contribution in [-0.2, 0) is 20.1 Å². The number of H-pyrrole nitrogens is 1. The molecule has 3 aromatic carbocycles. The molecule has 0 spiro atoms. The number of hydrogen-bond acceptors (Lipinski definition) is 8. The summed E-state index contributed by atoms with van der Waals surface area (Å²) in [6.45, 7) is 11.3. The molecule has 3 N–H and O–H groups in total. The molecule has 1 aromatic heterocycles. The number of nitrogens with zero attached hydrogens (tertiary/aromatic N) is 4. The second-order valence-corrected chi connectivity index (χ2v) is 14.0. The fourth-order valence-electron chi connectivity index (χ4n) is 5.94. The average Bonchev–Trinajstić information content (AvgIpc) is 3.52. The van der Waals surface area contributed by atoms with Crippen LogP contribution in [0, 0.1) is 0 Å². The van der Waals surface area contributed by atoms with Crippen molar-refractivity contribution in [3.63, 3.8) is 0 Å². The van der Waals surface area contributed by atoms with Crippen molar-refractivity contribution in [2.45, 2.75) is 37.5 Å². The summed E-state index contributed by atoms with van der Waals surface area (Å²) >= 11 is 0. The lowest BCUT2D eigenvalue weighted by atomic mass is 9.93. The smallest absolute Gasteiger partial charge is 0.295 e. The molecule has 1 aliphatic carbocycles. The fraction of sp³-hybridized carbons (Fsp3) is 0.242. The predicted octanol–water partition coefficient (Wildman–Crippen LogP) is 5.18. The van der Waals surface area contributed by atoms with Gasteiger partial charge in [-0.05, 0) is 76.2 Å². The lowest BCUT2D eigenvalue weighted by Gasteiger charge is -2.22. The molecule has 0 amide bonds. The van der Waals surface area contributed by atoms with E-state index in [4.69, 9.17) is 4.42 Å². The highest BCUT2D eigenvalue weighted by Gasteiger charge is 2.27. The molecule has 6 rings (SSSR count). The number of aromatic amines is 1. The molecular weight excluding hydrogens is 641 g/mol. The van der Waals surface area contributed by atoms with Crippen LogP contribution < -0.4 is 19.6 Å². The Hall–Kier alpha value is -4.79. The molecule has 2 aliphatic rings. The van der Waals surface area contributed by atoms with Crippen LogP contribution in [0.1, 0.15) is 27.7 Å². The first-order valence-corrected chi connectivity index (χ1v) is 18.2. The number of rotatable bonds is 10. The third kappa shape index (κ3) is 6.06. The molecule has 0 saturated carbocycles. The average molecular weight is 676 g/mol. The van der Waals surface area contributed by atoms with E-state index in [1.807, 2.05) is 36.4 Å². The molecule has 4 aromatic rings. The maximum Gasteiger partial charge on any atom is 0.295 e. The van der Waals surface area contributed by atoms with Gasteiger partial charge in [-0.2, -0.15) is 23.8 Å². The highest BCUT2D eigenvalue weighted by Crippen LogP contribution is 2.43. The number of nitrogens with one attached hydrogen (secondary N) is 2. The van der Waals surface area contributed by atoms with Crippen LogP contribution >= 0.6 is 0 Å². The molecule has 2 heterocycles.